The van der Waals surface area contributed by atoms with Gasteiger partial charge in [0.1, 0.15) is 12.1 Å². The van der Waals surface area contributed by atoms with Crippen LogP contribution in [0.25, 0.3) is 0 Å². The zero-order chi connectivity index (χ0) is 41.9. The minimum atomic E-state index is -4.61. The molecule has 0 aromatic rings. The predicted molar refractivity (Wildman–Crippen MR) is 236 cm³/mol. The van der Waals surface area contributed by atoms with Gasteiger partial charge in [-0.2, -0.15) is 0 Å². The van der Waals surface area contributed by atoms with E-state index >= 15 is 0 Å². The number of hydrogen-bond donors (Lipinski definition) is 3. The molecule has 57 heavy (non-hydrogen) atoms. The van der Waals surface area contributed by atoms with Gasteiger partial charge in [0.25, 0.3) is 0 Å². The molecule has 0 aromatic heterocycles. The molecule has 0 spiro atoms. The lowest BCUT2D eigenvalue weighted by atomic mass is 10.0. The highest BCUT2D eigenvalue weighted by Crippen LogP contribution is 2.43. The van der Waals surface area contributed by atoms with Crippen LogP contribution in [-0.2, 0) is 32.7 Å². The summed E-state index contributed by atoms with van der Waals surface area (Å²) in [6.07, 6.45) is 45.5. The van der Waals surface area contributed by atoms with Gasteiger partial charge < -0.3 is 25.2 Å². The van der Waals surface area contributed by atoms with E-state index in [0.29, 0.717) is 13.0 Å². The molecular weight excluding hydrogens is 741 g/mol. The lowest BCUT2D eigenvalue weighted by Gasteiger charge is -2.20. The van der Waals surface area contributed by atoms with Crippen molar-refractivity contribution >= 4 is 19.8 Å². The maximum atomic E-state index is 12.6. The second-order valence-electron chi connectivity index (χ2n) is 16.2. The highest BCUT2D eigenvalue weighted by atomic mass is 31.2. The lowest BCUT2D eigenvalue weighted by Crippen LogP contribution is -2.34. The Morgan fingerprint density at radius 1 is 0.544 bits per heavy atom. The van der Waals surface area contributed by atoms with Crippen molar-refractivity contribution in [1.82, 2.24) is 0 Å². The van der Waals surface area contributed by atoms with Gasteiger partial charge in [0.15, 0.2) is 0 Å². The summed E-state index contributed by atoms with van der Waals surface area (Å²) in [5.41, 5.74) is 5.36. The molecule has 338 valence electrons. The van der Waals surface area contributed by atoms with E-state index in [1.165, 1.54) is 154 Å². The van der Waals surface area contributed by atoms with E-state index in [0.717, 1.165) is 51.4 Å². The molecule has 0 aliphatic carbocycles. The molecule has 0 aromatic carbocycles. The van der Waals surface area contributed by atoms with Crippen molar-refractivity contribution in [3.05, 3.63) is 12.2 Å². The van der Waals surface area contributed by atoms with Crippen LogP contribution < -0.4 is 5.73 Å². The number of hydrogen-bond acceptors (Lipinski definition) is 8. The molecule has 3 unspecified atom stereocenters. The fourth-order valence-corrected chi connectivity index (χ4v) is 7.61. The summed E-state index contributed by atoms with van der Waals surface area (Å²) in [5, 5.41) is 8.91. The Hall–Kier alpha value is -1.29. The SMILES string of the molecule is CCCCCCCCC/C=C\CCCCCCCC(=O)OC(COCCCCCCCCCCCCCCCCCCCCC)COP(=O)(O)OCC(N)C(=O)O. The highest BCUT2D eigenvalue weighted by molar-refractivity contribution is 7.47. The normalized spacial score (nSPS) is 13.9. The summed E-state index contributed by atoms with van der Waals surface area (Å²) in [5.74, 6) is -1.78. The molecule has 0 radical (unpaired) electrons. The van der Waals surface area contributed by atoms with Crippen LogP contribution in [0.2, 0.25) is 0 Å². The first kappa shape index (κ1) is 55.7. The van der Waals surface area contributed by atoms with E-state index in [1.54, 1.807) is 0 Å². The van der Waals surface area contributed by atoms with Crippen LogP contribution in [0.4, 0.5) is 0 Å². The van der Waals surface area contributed by atoms with Gasteiger partial charge in [0, 0.05) is 13.0 Å². The molecule has 4 N–H and O–H groups in total. The first-order valence-electron chi connectivity index (χ1n) is 23.7. The van der Waals surface area contributed by atoms with Gasteiger partial charge in [0.2, 0.25) is 0 Å². The summed E-state index contributed by atoms with van der Waals surface area (Å²) >= 11 is 0. The predicted octanol–water partition coefficient (Wildman–Crippen LogP) is 13.3. The van der Waals surface area contributed by atoms with Crippen molar-refractivity contribution in [3.8, 4) is 0 Å². The molecule has 0 aliphatic heterocycles. The Kier molecular flexibility index (Phi) is 41.9. The third-order valence-electron chi connectivity index (χ3n) is 10.5. The van der Waals surface area contributed by atoms with Gasteiger partial charge in [-0.3, -0.25) is 18.6 Å². The molecule has 0 aliphatic rings. The zero-order valence-electron chi connectivity index (χ0n) is 37.0. The Bertz CT molecular complexity index is 966. The number of carboxylic acids is 1. The number of carboxylic acid groups (broad SMARTS) is 1. The highest BCUT2D eigenvalue weighted by Gasteiger charge is 2.27. The minimum absolute atomic E-state index is 0.0197. The van der Waals surface area contributed by atoms with E-state index in [1.807, 2.05) is 0 Å². The first-order chi connectivity index (χ1) is 27.7. The maximum Gasteiger partial charge on any atom is 0.472 e. The fourth-order valence-electron chi connectivity index (χ4n) is 6.84. The minimum Gasteiger partial charge on any atom is -0.480 e. The number of rotatable bonds is 46. The molecule has 0 saturated carbocycles. The second kappa shape index (κ2) is 42.8. The average molecular weight is 832 g/mol. The lowest BCUT2D eigenvalue weighted by molar-refractivity contribution is -0.154. The Labute approximate surface area is 350 Å². The third-order valence-corrected chi connectivity index (χ3v) is 11.5. The van der Waals surface area contributed by atoms with Crippen LogP contribution in [0.5, 0.6) is 0 Å². The fraction of sp³-hybridized carbons (Fsp3) is 0.913. The number of aliphatic carboxylic acids is 1. The van der Waals surface area contributed by atoms with Gasteiger partial charge >= 0.3 is 19.8 Å². The second-order valence-corrected chi connectivity index (χ2v) is 17.7. The number of nitrogens with two attached hydrogens (primary N) is 1. The first-order valence-corrected chi connectivity index (χ1v) is 25.2. The molecule has 10 nitrogen and oxygen atoms in total. The van der Waals surface area contributed by atoms with Crippen molar-refractivity contribution in [2.75, 3.05) is 26.4 Å². The molecule has 11 heteroatoms. The smallest absolute Gasteiger partial charge is 0.472 e. The van der Waals surface area contributed by atoms with E-state index in [-0.39, 0.29) is 13.0 Å². The summed E-state index contributed by atoms with van der Waals surface area (Å²) < 4.78 is 33.4. The van der Waals surface area contributed by atoms with Crippen LogP contribution in [-0.4, -0.2) is 60.5 Å². The Morgan fingerprint density at radius 3 is 1.33 bits per heavy atom. The van der Waals surface area contributed by atoms with Crippen molar-refractivity contribution in [1.29, 1.82) is 0 Å². The van der Waals surface area contributed by atoms with E-state index < -0.39 is 45.1 Å². The number of ether oxygens (including phenoxy) is 2. The van der Waals surface area contributed by atoms with Gasteiger partial charge in [-0.15, -0.1) is 0 Å². The van der Waals surface area contributed by atoms with Crippen molar-refractivity contribution in [2.45, 2.75) is 244 Å². The van der Waals surface area contributed by atoms with Crippen LogP contribution >= 0.6 is 7.82 Å². The standard InChI is InChI=1S/C46H90NO9P/c1-3-5-7-9-11-13-15-17-19-21-22-23-25-27-29-31-33-35-37-39-53-40-43(41-54-57(51,52)55-42-44(47)46(49)50)56-45(48)38-36-34-32-30-28-26-24-20-18-16-14-12-10-8-6-4-2/h20,24,43-44H,3-19,21-23,25-42,47H2,1-2H3,(H,49,50)(H,51,52)/b24-20-. The average Bonchev–Trinajstić information content (AvgIpc) is 3.19. The van der Waals surface area contributed by atoms with Crippen molar-refractivity contribution in [2.24, 2.45) is 5.73 Å². The van der Waals surface area contributed by atoms with Crippen LogP contribution in [0, 0.1) is 0 Å². The summed E-state index contributed by atoms with van der Waals surface area (Å²) in [6, 6.07) is -1.47. The molecule has 0 heterocycles. The molecule has 0 saturated heterocycles. The largest absolute Gasteiger partial charge is 0.480 e. The molecule has 3 atom stereocenters. The van der Waals surface area contributed by atoms with E-state index in [2.05, 4.69) is 26.0 Å². The molecule has 0 fully saturated rings. The van der Waals surface area contributed by atoms with Crippen molar-refractivity contribution in [3.63, 3.8) is 0 Å². The molecule has 0 bridgehead atoms. The van der Waals surface area contributed by atoms with Crippen LogP contribution in [0.15, 0.2) is 12.2 Å². The molecular formula is C46H90NO9P. The van der Waals surface area contributed by atoms with Crippen LogP contribution in [0.1, 0.15) is 232 Å². The van der Waals surface area contributed by atoms with Gasteiger partial charge in [-0.1, -0.05) is 199 Å². The van der Waals surface area contributed by atoms with Gasteiger partial charge in [-0.05, 0) is 38.5 Å². The molecule has 0 amide bonds. The van der Waals surface area contributed by atoms with Gasteiger partial charge in [-0.25, -0.2) is 4.57 Å². The maximum absolute atomic E-state index is 12.6. The van der Waals surface area contributed by atoms with E-state index in [9.17, 15) is 19.0 Å². The van der Waals surface area contributed by atoms with Gasteiger partial charge in [0.05, 0.1) is 19.8 Å². The topological polar surface area (TPSA) is 155 Å². The Morgan fingerprint density at radius 2 is 0.912 bits per heavy atom. The number of carbonyl (C=O) groups excluding carboxylic acids is 1. The monoisotopic (exact) mass is 832 g/mol. The quantitative estimate of drug-likeness (QED) is 0.0234. The third kappa shape index (κ3) is 42.6. The number of esters is 1. The number of phosphoric acid groups is 1. The zero-order valence-corrected chi connectivity index (χ0v) is 37.9. The summed E-state index contributed by atoms with van der Waals surface area (Å²) in [7, 11) is -4.61. The summed E-state index contributed by atoms with van der Waals surface area (Å²) in [4.78, 5) is 33.6. The van der Waals surface area contributed by atoms with Crippen molar-refractivity contribution < 1.29 is 42.7 Å². The molecule has 0 rings (SSSR count). The van der Waals surface area contributed by atoms with E-state index in [4.69, 9.17) is 29.4 Å². The number of phosphoric ester groups is 1. The number of unbranched alkanes of at least 4 members (excludes halogenated alkanes) is 30. The van der Waals surface area contributed by atoms with Crippen LogP contribution in [0.3, 0.4) is 0 Å². The summed E-state index contributed by atoms with van der Waals surface area (Å²) in [6.45, 7) is 3.92. The Balaban J connectivity index is 4.16. The number of carbonyl (C=O) groups is 2. The number of allylic oxidation sites excluding steroid dienone is 2.